The summed E-state index contributed by atoms with van der Waals surface area (Å²) in [4.78, 5) is 39.4. The molecule has 4 rings (SSSR count). The number of hydrazine groups is 1. The molecule has 0 saturated carbocycles. The van der Waals surface area contributed by atoms with Crippen molar-refractivity contribution in [3.05, 3.63) is 64.2 Å². The number of aromatic nitrogens is 1. The third-order valence-corrected chi connectivity index (χ3v) is 6.12. The van der Waals surface area contributed by atoms with Crippen molar-refractivity contribution in [3.63, 3.8) is 0 Å². The van der Waals surface area contributed by atoms with Gasteiger partial charge in [-0.1, -0.05) is 36.0 Å². The van der Waals surface area contributed by atoms with Crippen LogP contribution in [0, 0.1) is 10.1 Å². The van der Waals surface area contributed by atoms with Crippen LogP contribution in [0.25, 0.3) is 11.1 Å². The van der Waals surface area contributed by atoms with Crippen molar-refractivity contribution in [2.24, 2.45) is 0 Å². The Morgan fingerprint density at radius 2 is 2.17 bits per heavy atom. The Morgan fingerprint density at radius 3 is 2.97 bits per heavy atom. The van der Waals surface area contributed by atoms with E-state index < -0.39 is 16.2 Å². The number of fused-ring (bicyclic) bond motifs is 1. The van der Waals surface area contributed by atoms with E-state index in [1.54, 1.807) is 18.2 Å². The number of amides is 2. The number of para-hydroxylation sites is 2. The van der Waals surface area contributed by atoms with Crippen molar-refractivity contribution in [2.75, 3.05) is 11.5 Å². The van der Waals surface area contributed by atoms with Gasteiger partial charge in [0.05, 0.1) is 16.4 Å². The smallest absolute Gasteiger partial charge is 0.269 e. The number of nitro groups is 1. The molecule has 1 aliphatic rings. The van der Waals surface area contributed by atoms with Crippen LogP contribution in [-0.4, -0.2) is 38.2 Å². The molecule has 1 atom stereocenters. The molecule has 0 spiro atoms. The first kappa shape index (κ1) is 19.3. The van der Waals surface area contributed by atoms with Gasteiger partial charge in [0.2, 0.25) is 5.91 Å². The van der Waals surface area contributed by atoms with Crippen LogP contribution in [0.3, 0.4) is 0 Å². The Balaban J connectivity index is 1.42. The van der Waals surface area contributed by atoms with Crippen molar-refractivity contribution in [1.29, 1.82) is 0 Å². The van der Waals surface area contributed by atoms with E-state index in [0.717, 1.165) is 11.8 Å². The summed E-state index contributed by atoms with van der Waals surface area (Å²) < 4.78 is 5.56. The summed E-state index contributed by atoms with van der Waals surface area (Å²) >= 11 is 2.41. The highest BCUT2D eigenvalue weighted by molar-refractivity contribution is 8.00. The van der Waals surface area contributed by atoms with Gasteiger partial charge in [0.1, 0.15) is 10.9 Å². The maximum absolute atomic E-state index is 12.4. The number of nitrogens with zero attached hydrogens (tertiary/aromatic N) is 3. The number of hydrogen-bond acceptors (Lipinski definition) is 8. The van der Waals surface area contributed by atoms with E-state index >= 15 is 0 Å². The van der Waals surface area contributed by atoms with Crippen LogP contribution >= 0.6 is 23.5 Å². The predicted octanol–water partition coefficient (Wildman–Crippen LogP) is 3.13. The Kier molecular flexibility index (Phi) is 5.41. The van der Waals surface area contributed by atoms with Crippen molar-refractivity contribution < 1.29 is 18.9 Å². The van der Waals surface area contributed by atoms with Crippen LogP contribution in [0.4, 0.5) is 5.69 Å². The van der Waals surface area contributed by atoms with Gasteiger partial charge in [-0.2, -0.15) is 0 Å². The quantitative estimate of drug-likeness (QED) is 0.360. The van der Waals surface area contributed by atoms with Crippen LogP contribution in [0.2, 0.25) is 0 Å². The molecule has 0 radical (unpaired) electrons. The maximum Gasteiger partial charge on any atom is 0.269 e. The van der Waals surface area contributed by atoms with Gasteiger partial charge in [0.15, 0.2) is 5.58 Å². The lowest BCUT2D eigenvalue weighted by molar-refractivity contribution is -0.384. The van der Waals surface area contributed by atoms with Gasteiger partial charge in [0, 0.05) is 12.1 Å². The molecule has 2 amide bonds. The molecule has 1 aliphatic heterocycles. The standard InChI is InChI=1S/C18H14N4O5S2/c23-15(9-29-18-19-13-6-1-2-7-14(13)27-18)20-21-16(24)10-28-17(21)11-4-3-5-12(8-11)22(25)26/h1-8,17H,9-10H2,(H,20,23). The fraction of sp³-hybridized carbons (Fsp3) is 0.167. The molecule has 29 heavy (non-hydrogen) atoms. The molecule has 0 bridgehead atoms. The second-order valence-electron chi connectivity index (χ2n) is 6.05. The molecule has 2 aromatic carbocycles. The van der Waals surface area contributed by atoms with E-state index in [4.69, 9.17) is 4.42 Å². The zero-order chi connectivity index (χ0) is 20.4. The van der Waals surface area contributed by atoms with Crippen molar-refractivity contribution in [3.8, 4) is 0 Å². The van der Waals surface area contributed by atoms with Gasteiger partial charge in [-0.15, -0.1) is 11.8 Å². The van der Waals surface area contributed by atoms with E-state index in [1.165, 1.54) is 28.9 Å². The second-order valence-corrected chi connectivity index (χ2v) is 8.05. The molecule has 1 saturated heterocycles. The van der Waals surface area contributed by atoms with Gasteiger partial charge >= 0.3 is 0 Å². The maximum atomic E-state index is 12.4. The number of carbonyl (C=O) groups is 2. The van der Waals surface area contributed by atoms with E-state index in [0.29, 0.717) is 21.9 Å². The fourth-order valence-corrected chi connectivity index (χ4v) is 4.52. The molecule has 1 N–H and O–H groups in total. The van der Waals surface area contributed by atoms with Crippen molar-refractivity contribution >= 4 is 52.1 Å². The summed E-state index contributed by atoms with van der Waals surface area (Å²) in [5.74, 6) is -0.496. The first-order valence-electron chi connectivity index (χ1n) is 8.47. The summed E-state index contributed by atoms with van der Waals surface area (Å²) in [6, 6.07) is 13.3. The molecule has 9 nitrogen and oxygen atoms in total. The highest BCUT2D eigenvalue weighted by Gasteiger charge is 2.35. The van der Waals surface area contributed by atoms with Crippen LogP contribution in [0.15, 0.2) is 58.2 Å². The minimum Gasteiger partial charge on any atom is -0.431 e. The highest BCUT2D eigenvalue weighted by atomic mass is 32.2. The van der Waals surface area contributed by atoms with Gasteiger partial charge in [0.25, 0.3) is 16.8 Å². The zero-order valence-electron chi connectivity index (χ0n) is 14.8. The lowest BCUT2D eigenvalue weighted by Crippen LogP contribution is -2.45. The van der Waals surface area contributed by atoms with Crippen LogP contribution in [0.5, 0.6) is 0 Å². The molecule has 1 aromatic heterocycles. The normalized spacial score (nSPS) is 16.3. The van der Waals surface area contributed by atoms with E-state index in [1.807, 2.05) is 18.2 Å². The summed E-state index contributed by atoms with van der Waals surface area (Å²) in [7, 11) is 0. The summed E-state index contributed by atoms with van der Waals surface area (Å²) in [6.45, 7) is 0. The van der Waals surface area contributed by atoms with E-state index in [-0.39, 0.29) is 23.1 Å². The van der Waals surface area contributed by atoms with Gasteiger partial charge in [-0.25, -0.2) is 9.99 Å². The minimum absolute atomic E-state index is 0.00290. The number of thioether (sulfide) groups is 2. The average molecular weight is 430 g/mol. The number of hydrogen-bond donors (Lipinski definition) is 1. The third kappa shape index (κ3) is 4.20. The molecule has 148 valence electrons. The summed E-state index contributed by atoms with van der Waals surface area (Å²) in [5.41, 5.74) is 4.43. The zero-order valence-corrected chi connectivity index (χ0v) is 16.4. The van der Waals surface area contributed by atoms with Gasteiger partial charge in [-0.3, -0.25) is 25.1 Å². The van der Waals surface area contributed by atoms with Crippen LogP contribution < -0.4 is 5.43 Å². The summed E-state index contributed by atoms with van der Waals surface area (Å²) in [6.07, 6.45) is 0. The number of nitrogens with one attached hydrogen (secondary N) is 1. The second kappa shape index (κ2) is 8.13. The van der Waals surface area contributed by atoms with E-state index in [9.17, 15) is 19.7 Å². The molecule has 1 fully saturated rings. The van der Waals surface area contributed by atoms with Crippen molar-refractivity contribution in [2.45, 2.75) is 10.6 Å². The monoisotopic (exact) mass is 430 g/mol. The summed E-state index contributed by atoms with van der Waals surface area (Å²) in [5, 5.41) is 12.1. The Labute approximate surface area is 173 Å². The highest BCUT2D eigenvalue weighted by Crippen LogP contribution is 2.38. The Bertz CT molecular complexity index is 1070. The minimum atomic E-state index is -0.527. The SMILES string of the molecule is O=C(CSc1nc2ccccc2o1)NN1C(=O)CSC1c1cccc([N+](=O)[O-])c1. The molecule has 0 aliphatic carbocycles. The number of nitro benzene ring substituents is 1. The number of carbonyl (C=O) groups excluding carboxylic acids is 2. The molecular formula is C18H14N4O5S2. The Morgan fingerprint density at radius 1 is 1.34 bits per heavy atom. The lowest BCUT2D eigenvalue weighted by Gasteiger charge is -2.24. The number of benzene rings is 2. The first-order valence-corrected chi connectivity index (χ1v) is 10.5. The van der Waals surface area contributed by atoms with Crippen LogP contribution in [0.1, 0.15) is 10.9 Å². The fourth-order valence-electron chi connectivity index (χ4n) is 2.79. The largest absolute Gasteiger partial charge is 0.431 e. The van der Waals surface area contributed by atoms with Gasteiger partial charge in [-0.05, 0) is 17.7 Å². The number of oxazole rings is 1. The third-order valence-electron chi connectivity index (χ3n) is 4.08. The Hall–Kier alpha value is -3.05. The van der Waals surface area contributed by atoms with E-state index in [2.05, 4.69) is 10.4 Å². The first-order chi connectivity index (χ1) is 14.0. The lowest BCUT2D eigenvalue weighted by atomic mass is 10.2. The molecule has 11 heteroatoms. The molecular weight excluding hydrogens is 416 g/mol. The average Bonchev–Trinajstić information content (AvgIpc) is 3.30. The molecule has 3 aromatic rings. The number of rotatable bonds is 6. The van der Waals surface area contributed by atoms with Crippen molar-refractivity contribution in [1.82, 2.24) is 15.4 Å². The van der Waals surface area contributed by atoms with Crippen LogP contribution in [-0.2, 0) is 9.59 Å². The topological polar surface area (TPSA) is 119 Å². The number of non-ortho nitro benzene ring substituents is 1. The molecule has 1 unspecified atom stereocenters. The van der Waals surface area contributed by atoms with Gasteiger partial charge < -0.3 is 4.42 Å². The predicted molar refractivity (Wildman–Crippen MR) is 108 cm³/mol. The molecule has 2 heterocycles.